The van der Waals surface area contributed by atoms with Gasteiger partial charge in [-0.2, -0.15) is 0 Å². The number of aromatic nitrogens is 1. The fourth-order valence-corrected chi connectivity index (χ4v) is 3.81. The Bertz CT molecular complexity index is 1050. The van der Waals surface area contributed by atoms with Crippen LogP contribution in [0.4, 0.5) is 0 Å². The van der Waals surface area contributed by atoms with E-state index >= 15 is 0 Å². The lowest BCUT2D eigenvalue weighted by Crippen LogP contribution is -2.36. The molecule has 1 amide bonds. The van der Waals surface area contributed by atoms with Crippen LogP contribution >= 0.6 is 11.6 Å². The third-order valence-electron chi connectivity index (χ3n) is 5.46. The molecule has 1 aromatic heterocycles. The summed E-state index contributed by atoms with van der Waals surface area (Å²) in [6.07, 6.45) is 3.79. The summed E-state index contributed by atoms with van der Waals surface area (Å²) in [5, 5.41) is 0.650. The molecule has 4 rings (SSSR count). The predicted octanol–water partition coefficient (Wildman–Crippen LogP) is 5.69. The van der Waals surface area contributed by atoms with Crippen molar-refractivity contribution in [1.82, 2.24) is 9.88 Å². The summed E-state index contributed by atoms with van der Waals surface area (Å²) in [5.41, 5.74) is 2.33. The topological polar surface area (TPSA) is 51.7 Å². The van der Waals surface area contributed by atoms with Crippen LogP contribution in [0.15, 0.2) is 66.9 Å². The molecule has 5 nitrogen and oxygen atoms in total. The van der Waals surface area contributed by atoms with Crippen LogP contribution in [-0.2, 0) is 6.61 Å². The first-order chi connectivity index (χ1) is 15.1. The molecule has 3 aromatic rings. The maximum atomic E-state index is 13.4. The highest BCUT2D eigenvalue weighted by molar-refractivity contribution is 6.31. The van der Waals surface area contributed by atoms with Crippen molar-refractivity contribution in [1.29, 1.82) is 0 Å². The van der Waals surface area contributed by atoms with Crippen LogP contribution in [0.25, 0.3) is 0 Å². The van der Waals surface area contributed by atoms with Gasteiger partial charge >= 0.3 is 0 Å². The molecular formula is C25H25ClN2O3. The monoisotopic (exact) mass is 436 g/mol. The van der Waals surface area contributed by atoms with Gasteiger partial charge in [0, 0.05) is 28.4 Å². The van der Waals surface area contributed by atoms with Crippen LogP contribution in [0.3, 0.4) is 0 Å². The van der Waals surface area contributed by atoms with E-state index in [0.717, 1.165) is 24.1 Å². The van der Waals surface area contributed by atoms with E-state index in [9.17, 15) is 4.79 Å². The van der Waals surface area contributed by atoms with Crippen molar-refractivity contribution in [3.05, 3.63) is 88.7 Å². The van der Waals surface area contributed by atoms with Crippen molar-refractivity contribution >= 4 is 17.5 Å². The molecule has 1 fully saturated rings. The lowest BCUT2D eigenvalue weighted by Gasteiger charge is -2.29. The van der Waals surface area contributed by atoms with Crippen LogP contribution < -0.4 is 9.47 Å². The second-order valence-corrected chi connectivity index (χ2v) is 8.03. The Morgan fingerprint density at radius 3 is 2.58 bits per heavy atom. The summed E-state index contributed by atoms with van der Waals surface area (Å²) in [5.74, 6) is 1.05. The Hall–Kier alpha value is -3.05. The second kappa shape index (κ2) is 9.40. The summed E-state index contributed by atoms with van der Waals surface area (Å²) in [6.45, 7) is 2.34. The van der Waals surface area contributed by atoms with Gasteiger partial charge in [0.2, 0.25) is 0 Å². The first-order valence-electron chi connectivity index (χ1n) is 10.4. The van der Waals surface area contributed by atoms with E-state index in [1.165, 1.54) is 0 Å². The number of benzene rings is 2. The zero-order valence-electron chi connectivity index (χ0n) is 17.6. The summed E-state index contributed by atoms with van der Waals surface area (Å²) < 4.78 is 11.4. The normalized spacial score (nSPS) is 14.0. The molecule has 1 atom stereocenters. The SMILES string of the molecule is COc1cc(C(=O)N(C2CC2)C(C)c2ccccn2)ccc1OCc1ccccc1Cl. The molecule has 160 valence electrons. The van der Waals surface area contributed by atoms with Crippen molar-refractivity contribution < 1.29 is 14.3 Å². The molecule has 1 heterocycles. The van der Waals surface area contributed by atoms with Gasteiger partial charge in [-0.25, -0.2) is 0 Å². The van der Waals surface area contributed by atoms with Crippen molar-refractivity contribution in [3.63, 3.8) is 0 Å². The van der Waals surface area contributed by atoms with Gasteiger partial charge in [0.25, 0.3) is 5.91 Å². The molecule has 1 unspecified atom stereocenters. The molecule has 0 saturated heterocycles. The summed E-state index contributed by atoms with van der Waals surface area (Å²) in [7, 11) is 1.57. The van der Waals surface area contributed by atoms with Crippen LogP contribution in [0, 0.1) is 0 Å². The van der Waals surface area contributed by atoms with Gasteiger partial charge in [-0.3, -0.25) is 9.78 Å². The Balaban J connectivity index is 1.54. The van der Waals surface area contributed by atoms with Crippen molar-refractivity contribution in [2.45, 2.75) is 38.5 Å². The molecule has 0 aliphatic heterocycles. The standard InChI is InChI=1S/C25H25ClN2O3/c1-17(22-9-5-6-14-27-22)28(20-11-12-20)25(29)18-10-13-23(24(15-18)30-2)31-16-19-7-3-4-8-21(19)26/h3-10,13-15,17,20H,11-12,16H2,1-2H3. The van der Waals surface area contributed by atoms with Crippen LogP contribution in [0.1, 0.15) is 47.4 Å². The van der Waals surface area contributed by atoms with E-state index in [-0.39, 0.29) is 18.0 Å². The van der Waals surface area contributed by atoms with Gasteiger partial charge in [0.15, 0.2) is 11.5 Å². The lowest BCUT2D eigenvalue weighted by molar-refractivity contribution is 0.0669. The highest BCUT2D eigenvalue weighted by atomic mass is 35.5. The first kappa shape index (κ1) is 21.2. The van der Waals surface area contributed by atoms with Crippen LogP contribution in [0.2, 0.25) is 5.02 Å². The number of nitrogens with zero attached hydrogens (tertiary/aromatic N) is 2. The Morgan fingerprint density at radius 2 is 1.90 bits per heavy atom. The molecule has 6 heteroatoms. The van der Waals surface area contributed by atoms with Gasteiger partial charge in [-0.15, -0.1) is 0 Å². The van der Waals surface area contributed by atoms with Crippen LogP contribution in [-0.4, -0.2) is 28.9 Å². The summed E-state index contributed by atoms with van der Waals surface area (Å²) in [6, 6.07) is 18.8. The molecule has 0 spiro atoms. The van der Waals surface area contributed by atoms with Gasteiger partial charge in [0.1, 0.15) is 6.61 Å². The average molecular weight is 437 g/mol. The maximum Gasteiger partial charge on any atom is 0.254 e. The fourth-order valence-electron chi connectivity index (χ4n) is 3.62. The molecule has 2 aromatic carbocycles. The number of halogens is 1. The zero-order chi connectivity index (χ0) is 21.8. The summed E-state index contributed by atoms with van der Waals surface area (Å²) >= 11 is 6.21. The minimum atomic E-state index is -0.108. The Kier molecular flexibility index (Phi) is 6.42. The van der Waals surface area contributed by atoms with Crippen LogP contribution in [0.5, 0.6) is 11.5 Å². The third kappa shape index (κ3) is 4.83. The molecule has 1 aliphatic carbocycles. The van der Waals surface area contributed by atoms with E-state index in [0.29, 0.717) is 28.7 Å². The maximum absolute atomic E-state index is 13.4. The minimum Gasteiger partial charge on any atom is -0.493 e. The molecule has 1 saturated carbocycles. The minimum absolute atomic E-state index is 0.0309. The number of carbonyl (C=O) groups is 1. The molecule has 0 bridgehead atoms. The Labute approximate surface area is 187 Å². The lowest BCUT2D eigenvalue weighted by atomic mass is 10.1. The third-order valence-corrected chi connectivity index (χ3v) is 5.83. The molecule has 1 aliphatic rings. The summed E-state index contributed by atoms with van der Waals surface area (Å²) in [4.78, 5) is 19.8. The van der Waals surface area contributed by atoms with E-state index in [4.69, 9.17) is 21.1 Å². The van der Waals surface area contributed by atoms with E-state index in [2.05, 4.69) is 4.98 Å². The number of hydrogen-bond donors (Lipinski definition) is 0. The largest absolute Gasteiger partial charge is 0.493 e. The second-order valence-electron chi connectivity index (χ2n) is 7.62. The quantitative estimate of drug-likeness (QED) is 0.455. The molecule has 31 heavy (non-hydrogen) atoms. The van der Waals surface area contributed by atoms with Crippen molar-refractivity contribution in [2.75, 3.05) is 7.11 Å². The molecule has 0 N–H and O–H groups in total. The van der Waals surface area contributed by atoms with E-state index < -0.39 is 0 Å². The number of hydrogen-bond acceptors (Lipinski definition) is 4. The van der Waals surface area contributed by atoms with Gasteiger partial charge in [0.05, 0.1) is 18.8 Å². The van der Waals surface area contributed by atoms with Gasteiger partial charge < -0.3 is 14.4 Å². The van der Waals surface area contributed by atoms with Crippen molar-refractivity contribution in [2.24, 2.45) is 0 Å². The number of ether oxygens (including phenoxy) is 2. The highest BCUT2D eigenvalue weighted by Crippen LogP contribution is 2.36. The number of pyridine rings is 1. The van der Waals surface area contributed by atoms with Gasteiger partial charge in [-0.05, 0) is 56.2 Å². The number of rotatable bonds is 8. The first-order valence-corrected chi connectivity index (χ1v) is 10.7. The Morgan fingerprint density at radius 1 is 1.13 bits per heavy atom. The predicted molar refractivity (Wildman–Crippen MR) is 121 cm³/mol. The van der Waals surface area contributed by atoms with Gasteiger partial charge in [-0.1, -0.05) is 35.9 Å². The van der Waals surface area contributed by atoms with E-state index in [1.54, 1.807) is 31.5 Å². The average Bonchev–Trinajstić information content (AvgIpc) is 3.64. The smallest absolute Gasteiger partial charge is 0.254 e. The molecule has 0 radical (unpaired) electrons. The zero-order valence-corrected chi connectivity index (χ0v) is 18.4. The number of carbonyl (C=O) groups excluding carboxylic acids is 1. The fraction of sp³-hybridized carbons (Fsp3) is 0.280. The van der Waals surface area contributed by atoms with Crippen molar-refractivity contribution in [3.8, 4) is 11.5 Å². The number of methoxy groups -OCH3 is 1. The highest BCUT2D eigenvalue weighted by Gasteiger charge is 2.37. The number of amides is 1. The van der Waals surface area contributed by atoms with E-state index in [1.807, 2.05) is 54.3 Å². The molecular weight excluding hydrogens is 412 g/mol.